The van der Waals surface area contributed by atoms with Crippen LogP contribution in [0.4, 0.5) is 13.2 Å². The smallest absolute Gasteiger partial charge is 0.418 e. The number of carboxylic acids is 1. The Labute approximate surface area is 119 Å². The molecule has 1 atom stereocenters. The number of carboxylic acid groups (broad SMARTS) is 1. The van der Waals surface area contributed by atoms with Gasteiger partial charge >= 0.3 is 12.1 Å². The molecule has 0 spiro atoms. The van der Waals surface area contributed by atoms with Gasteiger partial charge in [-0.1, -0.05) is 30.3 Å². The summed E-state index contributed by atoms with van der Waals surface area (Å²) in [6, 6.07) is 8.27. The number of aryl methyl sites for hydroxylation is 1. The van der Waals surface area contributed by atoms with E-state index in [0.29, 0.717) is 5.56 Å². The first-order valence-corrected chi connectivity index (χ1v) is 7.49. The highest BCUT2D eigenvalue weighted by Gasteiger charge is 2.59. The number of sulfonamides is 1. The second kappa shape index (κ2) is 6.02. The highest BCUT2D eigenvalue weighted by Crippen LogP contribution is 2.31. The quantitative estimate of drug-likeness (QED) is 0.831. The zero-order chi connectivity index (χ0) is 16.3. The zero-order valence-corrected chi connectivity index (χ0v) is 11.8. The summed E-state index contributed by atoms with van der Waals surface area (Å²) in [5.41, 5.74) is -2.94. The summed E-state index contributed by atoms with van der Waals surface area (Å²) >= 11 is 0. The number of benzene rings is 1. The summed E-state index contributed by atoms with van der Waals surface area (Å²) in [7, 11) is -4.42. The maximum absolute atomic E-state index is 12.7. The Morgan fingerprint density at radius 2 is 1.76 bits per heavy atom. The monoisotopic (exact) mass is 325 g/mol. The minimum Gasteiger partial charge on any atom is -0.480 e. The molecule has 21 heavy (non-hydrogen) atoms. The van der Waals surface area contributed by atoms with Crippen molar-refractivity contribution in [2.24, 2.45) is 0 Å². The van der Waals surface area contributed by atoms with Crippen LogP contribution in [-0.4, -0.2) is 37.0 Å². The molecule has 1 aromatic carbocycles. The van der Waals surface area contributed by atoms with Gasteiger partial charge in [-0.2, -0.15) is 17.9 Å². The van der Waals surface area contributed by atoms with Gasteiger partial charge in [-0.25, -0.2) is 13.2 Å². The molecule has 1 aromatic rings. The van der Waals surface area contributed by atoms with Gasteiger partial charge in [-0.05, 0) is 18.9 Å². The van der Waals surface area contributed by atoms with E-state index in [1.54, 1.807) is 30.3 Å². The molecule has 0 bridgehead atoms. The molecular weight excluding hydrogens is 311 g/mol. The minimum absolute atomic E-state index is 0.0241. The van der Waals surface area contributed by atoms with Crippen LogP contribution < -0.4 is 4.72 Å². The van der Waals surface area contributed by atoms with E-state index in [9.17, 15) is 26.4 Å². The first-order valence-electron chi connectivity index (χ1n) is 5.84. The van der Waals surface area contributed by atoms with Gasteiger partial charge < -0.3 is 5.11 Å². The summed E-state index contributed by atoms with van der Waals surface area (Å²) in [5.74, 6) is -2.95. The van der Waals surface area contributed by atoms with Crippen molar-refractivity contribution in [1.82, 2.24) is 4.72 Å². The molecule has 0 fully saturated rings. The van der Waals surface area contributed by atoms with Crippen LogP contribution in [0.5, 0.6) is 0 Å². The van der Waals surface area contributed by atoms with Crippen molar-refractivity contribution in [1.29, 1.82) is 0 Å². The number of carbonyl (C=O) groups is 1. The van der Waals surface area contributed by atoms with Crippen molar-refractivity contribution < 1.29 is 31.5 Å². The van der Waals surface area contributed by atoms with E-state index in [4.69, 9.17) is 5.11 Å². The average Bonchev–Trinajstić information content (AvgIpc) is 2.35. The highest BCUT2D eigenvalue weighted by molar-refractivity contribution is 7.89. The average molecular weight is 325 g/mol. The predicted octanol–water partition coefficient (Wildman–Crippen LogP) is 1.55. The third kappa shape index (κ3) is 4.43. The SMILES string of the molecule is CC(NS(=O)(=O)CCc1ccccc1)(C(=O)O)C(F)(F)F. The molecule has 0 saturated carbocycles. The number of rotatable bonds is 6. The van der Waals surface area contributed by atoms with Gasteiger partial charge in [-0.3, -0.25) is 0 Å². The molecule has 0 aliphatic heterocycles. The van der Waals surface area contributed by atoms with E-state index >= 15 is 0 Å². The van der Waals surface area contributed by atoms with Gasteiger partial charge in [0, 0.05) is 0 Å². The third-order valence-corrected chi connectivity index (χ3v) is 4.32. The summed E-state index contributed by atoms with van der Waals surface area (Å²) < 4.78 is 62.8. The van der Waals surface area contributed by atoms with Crippen LogP contribution in [0.1, 0.15) is 12.5 Å². The largest absolute Gasteiger partial charge is 0.480 e. The topological polar surface area (TPSA) is 83.5 Å². The summed E-state index contributed by atoms with van der Waals surface area (Å²) in [5, 5.41) is 8.67. The number of hydrogen-bond acceptors (Lipinski definition) is 3. The molecule has 0 aromatic heterocycles. The van der Waals surface area contributed by atoms with E-state index in [-0.39, 0.29) is 13.3 Å². The molecule has 2 N–H and O–H groups in total. The molecular formula is C12H14F3NO4S. The summed E-state index contributed by atoms with van der Waals surface area (Å²) in [4.78, 5) is 10.8. The molecule has 5 nitrogen and oxygen atoms in total. The normalized spacial score (nSPS) is 15.4. The molecule has 0 amide bonds. The van der Waals surface area contributed by atoms with Crippen molar-refractivity contribution in [3.63, 3.8) is 0 Å². The Bertz CT molecular complexity index is 601. The van der Waals surface area contributed by atoms with Gasteiger partial charge in [0.15, 0.2) is 0 Å². The molecule has 0 aliphatic rings. The number of aliphatic carboxylic acids is 1. The van der Waals surface area contributed by atoms with Crippen molar-refractivity contribution in [2.45, 2.75) is 25.1 Å². The van der Waals surface area contributed by atoms with E-state index in [2.05, 4.69) is 0 Å². The third-order valence-electron chi connectivity index (χ3n) is 2.86. The van der Waals surface area contributed by atoms with Crippen LogP contribution in [0.25, 0.3) is 0 Å². The Balaban J connectivity index is 2.86. The molecule has 0 saturated heterocycles. The lowest BCUT2D eigenvalue weighted by Crippen LogP contribution is -2.62. The van der Waals surface area contributed by atoms with Crippen LogP contribution >= 0.6 is 0 Å². The van der Waals surface area contributed by atoms with E-state index in [1.165, 1.54) is 4.72 Å². The number of nitrogens with one attached hydrogen (secondary N) is 1. The van der Waals surface area contributed by atoms with Crippen LogP contribution in [0.15, 0.2) is 30.3 Å². The molecule has 1 unspecified atom stereocenters. The maximum Gasteiger partial charge on any atom is 0.418 e. The van der Waals surface area contributed by atoms with Gasteiger partial charge in [-0.15, -0.1) is 0 Å². The van der Waals surface area contributed by atoms with Gasteiger partial charge in [0.25, 0.3) is 0 Å². The fourth-order valence-corrected chi connectivity index (χ4v) is 2.91. The summed E-state index contributed by atoms with van der Waals surface area (Å²) in [6.45, 7) is 0.273. The molecule has 0 heterocycles. The Morgan fingerprint density at radius 1 is 1.24 bits per heavy atom. The fraction of sp³-hybridized carbons (Fsp3) is 0.417. The Kier molecular flexibility index (Phi) is 5.00. The molecule has 9 heteroatoms. The summed E-state index contributed by atoms with van der Waals surface area (Å²) in [6.07, 6.45) is -5.28. The number of hydrogen-bond donors (Lipinski definition) is 2. The van der Waals surface area contributed by atoms with E-state index in [1.807, 2.05) is 0 Å². The Hall–Kier alpha value is -1.61. The predicted molar refractivity (Wildman–Crippen MR) is 69.2 cm³/mol. The highest BCUT2D eigenvalue weighted by atomic mass is 32.2. The molecule has 1 rings (SSSR count). The molecule has 118 valence electrons. The van der Waals surface area contributed by atoms with E-state index < -0.39 is 33.5 Å². The lowest BCUT2D eigenvalue weighted by atomic mass is 10.0. The Morgan fingerprint density at radius 3 is 2.19 bits per heavy atom. The van der Waals surface area contributed by atoms with Gasteiger partial charge in [0.2, 0.25) is 15.6 Å². The first-order chi connectivity index (χ1) is 9.48. The second-order valence-electron chi connectivity index (χ2n) is 4.58. The van der Waals surface area contributed by atoms with Crippen molar-refractivity contribution in [3.05, 3.63) is 35.9 Å². The van der Waals surface area contributed by atoms with Crippen LogP contribution in [0, 0.1) is 0 Å². The maximum atomic E-state index is 12.7. The van der Waals surface area contributed by atoms with Crippen LogP contribution in [0.2, 0.25) is 0 Å². The standard InChI is InChI=1S/C12H14F3NO4S/c1-11(10(17)18,12(13,14)15)16-21(19,20)8-7-9-5-3-2-4-6-9/h2-6,16H,7-8H2,1H3,(H,17,18). The lowest BCUT2D eigenvalue weighted by molar-refractivity contribution is -0.201. The van der Waals surface area contributed by atoms with Crippen LogP contribution in [0.3, 0.4) is 0 Å². The van der Waals surface area contributed by atoms with Crippen molar-refractivity contribution >= 4 is 16.0 Å². The number of halogens is 3. The van der Waals surface area contributed by atoms with Crippen LogP contribution in [-0.2, 0) is 21.2 Å². The first kappa shape index (κ1) is 17.4. The second-order valence-corrected chi connectivity index (χ2v) is 6.43. The number of alkyl halides is 3. The zero-order valence-electron chi connectivity index (χ0n) is 11.0. The minimum atomic E-state index is -5.25. The fourth-order valence-electron chi connectivity index (χ4n) is 1.48. The lowest BCUT2D eigenvalue weighted by Gasteiger charge is -2.28. The van der Waals surface area contributed by atoms with Gasteiger partial charge in [0.1, 0.15) is 0 Å². The van der Waals surface area contributed by atoms with Crippen molar-refractivity contribution in [3.8, 4) is 0 Å². The van der Waals surface area contributed by atoms with E-state index in [0.717, 1.165) is 0 Å². The van der Waals surface area contributed by atoms with Gasteiger partial charge in [0.05, 0.1) is 5.75 Å². The molecule has 0 aliphatic carbocycles. The molecule has 0 radical (unpaired) electrons. The van der Waals surface area contributed by atoms with Crippen molar-refractivity contribution in [2.75, 3.05) is 5.75 Å².